The summed E-state index contributed by atoms with van der Waals surface area (Å²) in [7, 11) is 1.06. The number of alkyl halides is 3. The number of methoxy groups -OCH3 is 1. The Kier molecular flexibility index (Phi) is 6.30. The zero-order valence-corrected chi connectivity index (χ0v) is 15.2. The standard InChI is InChI=1S/C19H21F3N2O3/c1-11(2)7-8-12-5-4-6-14-16(12)13(10-23-14)9-15(17(25)27-3)24-18(26)19(20,21)22/h4-7,10,15,23H,8-9H2,1-3H3,(H,24,26)/t15-/m0/s1. The van der Waals surface area contributed by atoms with Gasteiger partial charge in [0.05, 0.1) is 7.11 Å². The van der Waals surface area contributed by atoms with Crippen molar-refractivity contribution in [2.24, 2.45) is 0 Å². The van der Waals surface area contributed by atoms with E-state index < -0.39 is 24.1 Å². The average Bonchev–Trinajstić information content (AvgIpc) is 3.01. The summed E-state index contributed by atoms with van der Waals surface area (Å²) in [6, 6.07) is 4.19. The maximum absolute atomic E-state index is 12.6. The minimum Gasteiger partial charge on any atom is -0.467 e. The second-order valence-electron chi connectivity index (χ2n) is 6.39. The number of hydrogen-bond acceptors (Lipinski definition) is 3. The predicted octanol–water partition coefficient (Wildman–Crippen LogP) is 3.44. The number of hydrogen-bond donors (Lipinski definition) is 2. The molecule has 1 atom stereocenters. The maximum Gasteiger partial charge on any atom is 0.471 e. The van der Waals surface area contributed by atoms with Crippen LogP contribution in [0.1, 0.15) is 25.0 Å². The van der Waals surface area contributed by atoms with E-state index in [1.165, 1.54) is 0 Å². The summed E-state index contributed by atoms with van der Waals surface area (Å²) >= 11 is 0. The SMILES string of the molecule is COC(=O)[C@H](Cc1c[nH]c2cccc(CC=C(C)C)c12)NC(=O)C(F)(F)F. The van der Waals surface area contributed by atoms with Crippen molar-refractivity contribution in [3.8, 4) is 0 Å². The highest BCUT2D eigenvalue weighted by molar-refractivity contribution is 5.90. The van der Waals surface area contributed by atoms with Crippen LogP contribution in [0.15, 0.2) is 36.0 Å². The predicted molar refractivity (Wildman–Crippen MR) is 95.1 cm³/mol. The van der Waals surface area contributed by atoms with Gasteiger partial charge in [-0.15, -0.1) is 0 Å². The topological polar surface area (TPSA) is 71.2 Å². The van der Waals surface area contributed by atoms with E-state index in [0.717, 1.165) is 29.1 Å². The number of carbonyl (C=O) groups excluding carboxylic acids is 2. The molecule has 1 aromatic heterocycles. The zero-order valence-electron chi connectivity index (χ0n) is 15.2. The second kappa shape index (κ2) is 8.28. The lowest BCUT2D eigenvalue weighted by atomic mass is 9.98. The van der Waals surface area contributed by atoms with Crippen molar-refractivity contribution in [1.82, 2.24) is 10.3 Å². The lowest BCUT2D eigenvalue weighted by Gasteiger charge is -2.17. The Morgan fingerprint density at radius 2 is 1.96 bits per heavy atom. The lowest BCUT2D eigenvalue weighted by molar-refractivity contribution is -0.175. The molecule has 1 heterocycles. The van der Waals surface area contributed by atoms with Gasteiger partial charge >= 0.3 is 18.1 Å². The number of nitrogens with one attached hydrogen (secondary N) is 2. The number of amides is 1. The van der Waals surface area contributed by atoms with Crippen molar-refractivity contribution >= 4 is 22.8 Å². The number of aromatic amines is 1. The molecule has 0 aliphatic rings. The highest BCUT2D eigenvalue weighted by Crippen LogP contribution is 2.25. The Bertz CT molecular complexity index is 865. The van der Waals surface area contributed by atoms with Gasteiger partial charge in [-0.05, 0) is 37.5 Å². The number of H-pyrrole nitrogens is 1. The van der Waals surface area contributed by atoms with E-state index in [0.29, 0.717) is 12.0 Å². The third kappa shape index (κ3) is 5.12. The molecule has 1 amide bonds. The van der Waals surface area contributed by atoms with Crippen LogP contribution >= 0.6 is 0 Å². The van der Waals surface area contributed by atoms with E-state index in [4.69, 9.17) is 0 Å². The fraction of sp³-hybridized carbons (Fsp3) is 0.368. The van der Waals surface area contributed by atoms with Crippen LogP contribution in [0, 0.1) is 0 Å². The van der Waals surface area contributed by atoms with E-state index in [9.17, 15) is 22.8 Å². The smallest absolute Gasteiger partial charge is 0.467 e. The molecule has 0 saturated carbocycles. The molecule has 0 aliphatic heterocycles. The number of rotatable bonds is 6. The molecular weight excluding hydrogens is 361 g/mol. The molecule has 2 rings (SSSR count). The molecule has 0 aliphatic carbocycles. The molecule has 146 valence electrons. The maximum atomic E-state index is 12.6. The van der Waals surface area contributed by atoms with Gasteiger partial charge in [0.2, 0.25) is 0 Å². The van der Waals surface area contributed by atoms with Crippen molar-refractivity contribution in [3.05, 3.63) is 47.2 Å². The first kappa shape index (κ1) is 20.5. The Labute approximate surface area is 154 Å². The number of carbonyl (C=O) groups is 2. The van der Waals surface area contributed by atoms with Crippen LogP contribution in [-0.4, -0.2) is 36.2 Å². The van der Waals surface area contributed by atoms with Crippen LogP contribution in [0.5, 0.6) is 0 Å². The van der Waals surface area contributed by atoms with Gasteiger partial charge in [0.1, 0.15) is 6.04 Å². The monoisotopic (exact) mass is 382 g/mol. The van der Waals surface area contributed by atoms with Crippen molar-refractivity contribution < 1.29 is 27.5 Å². The van der Waals surface area contributed by atoms with Crippen molar-refractivity contribution in [2.75, 3.05) is 7.11 Å². The zero-order chi connectivity index (χ0) is 20.2. The number of benzene rings is 1. The van der Waals surface area contributed by atoms with Gasteiger partial charge < -0.3 is 15.0 Å². The summed E-state index contributed by atoms with van der Waals surface area (Å²) in [5.74, 6) is -3.12. The molecular formula is C19H21F3N2O3. The first-order valence-electron chi connectivity index (χ1n) is 8.30. The van der Waals surface area contributed by atoms with Crippen LogP contribution < -0.4 is 5.32 Å². The van der Waals surface area contributed by atoms with Crippen LogP contribution in [0.3, 0.4) is 0 Å². The van der Waals surface area contributed by atoms with Crippen LogP contribution in [0.2, 0.25) is 0 Å². The number of fused-ring (bicyclic) bond motifs is 1. The molecule has 0 saturated heterocycles. The molecule has 0 radical (unpaired) electrons. The van der Waals surface area contributed by atoms with Gasteiger partial charge in [-0.3, -0.25) is 4.79 Å². The van der Waals surface area contributed by atoms with E-state index in [1.54, 1.807) is 11.5 Å². The van der Waals surface area contributed by atoms with Gasteiger partial charge in [-0.1, -0.05) is 23.8 Å². The van der Waals surface area contributed by atoms with Gasteiger partial charge in [0.15, 0.2) is 0 Å². The van der Waals surface area contributed by atoms with Crippen molar-refractivity contribution in [3.63, 3.8) is 0 Å². The number of esters is 1. The fourth-order valence-corrected chi connectivity index (χ4v) is 2.78. The highest BCUT2D eigenvalue weighted by atomic mass is 19.4. The van der Waals surface area contributed by atoms with E-state index in [-0.39, 0.29) is 6.42 Å². The van der Waals surface area contributed by atoms with E-state index in [2.05, 4.69) is 9.72 Å². The van der Waals surface area contributed by atoms with E-state index in [1.807, 2.05) is 38.1 Å². The van der Waals surface area contributed by atoms with Gasteiger partial charge in [-0.25, -0.2) is 4.79 Å². The molecule has 2 N–H and O–H groups in total. The van der Waals surface area contributed by atoms with Crippen molar-refractivity contribution in [2.45, 2.75) is 38.9 Å². The molecule has 0 unspecified atom stereocenters. The Morgan fingerprint density at radius 3 is 2.56 bits per heavy atom. The fourth-order valence-electron chi connectivity index (χ4n) is 2.78. The molecule has 0 fully saturated rings. The van der Waals surface area contributed by atoms with Crippen LogP contribution in [-0.2, 0) is 27.2 Å². The molecule has 1 aromatic carbocycles. The Hall–Kier alpha value is -2.77. The van der Waals surface area contributed by atoms with Gasteiger partial charge in [-0.2, -0.15) is 13.2 Å². The molecule has 2 aromatic rings. The molecule has 27 heavy (non-hydrogen) atoms. The van der Waals surface area contributed by atoms with Crippen molar-refractivity contribution in [1.29, 1.82) is 0 Å². The minimum absolute atomic E-state index is 0.125. The molecule has 0 spiro atoms. The highest BCUT2D eigenvalue weighted by Gasteiger charge is 2.41. The first-order chi connectivity index (χ1) is 12.6. The largest absolute Gasteiger partial charge is 0.471 e. The van der Waals surface area contributed by atoms with Crippen LogP contribution in [0.25, 0.3) is 10.9 Å². The summed E-state index contributed by atoms with van der Waals surface area (Å²) in [5.41, 5.74) is 3.53. The van der Waals surface area contributed by atoms with Gasteiger partial charge in [0.25, 0.3) is 0 Å². The van der Waals surface area contributed by atoms with Crippen LogP contribution in [0.4, 0.5) is 13.2 Å². The molecule has 0 bridgehead atoms. The number of halogens is 3. The number of allylic oxidation sites excluding steroid dienone is 2. The molecule has 5 nitrogen and oxygen atoms in total. The minimum atomic E-state index is -5.08. The third-order valence-electron chi connectivity index (χ3n) is 4.08. The summed E-state index contributed by atoms with van der Waals surface area (Å²) < 4.78 is 42.3. The number of ether oxygens (including phenoxy) is 1. The normalized spacial score (nSPS) is 12.5. The summed E-state index contributed by atoms with van der Waals surface area (Å²) in [4.78, 5) is 26.2. The average molecular weight is 382 g/mol. The Morgan fingerprint density at radius 1 is 1.26 bits per heavy atom. The third-order valence-corrected chi connectivity index (χ3v) is 4.08. The summed E-state index contributed by atoms with van der Waals surface area (Å²) in [5, 5.41) is 2.54. The van der Waals surface area contributed by atoms with Gasteiger partial charge in [0, 0.05) is 23.5 Å². The Balaban J connectivity index is 2.37. The summed E-state index contributed by atoms with van der Waals surface area (Å²) in [6.07, 6.45) is -0.898. The second-order valence-corrected chi connectivity index (χ2v) is 6.39. The first-order valence-corrected chi connectivity index (χ1v) is 8.30. The lowest BCUT2D eigenvalue weighted by Crippen LogP contribution is -2.48. The quantitative estimate of drug-likeness (QED) is 0.594. The summed E-state index contributed by atoms with van der Waals surface area (Å²) in [6.45, 7) is 3.94. The molecule has 8 heteroatoms. The van der Waals surface area contributed by atoms with E-state index >= 15 is 0 Å². The number of aromatic nitrogens is 1.